The van der Waals surface area contributed by atoms with Crippen molar-refractivity contribution in [1.29, 1.82) is 0 Å². The van der Waals surface area contributed by atoms with Gasteiger partial charge in [0.2, 0.25) is 0 Å². The maximum absolute atomic E-state index is 4.60. The molecule has 0 N–H and O–H groups in total. The van der Waals surface area contributed by atoms with Crippen LogP contribution in [0.25, 0.3) is 0 Å². The van der Waals surface area contributed by atoms with E-state index in [1.807, 2.05) is 12.3 Å². The lowest BCUT2D eigenvalue weighted by atomic mass is 9.97. The summed E-state index contributed by atoms with van der Waals surface area (Å²) in [6.45, 7) is 4.46. The summed E-state index contributed by atoms with van der Waals surface area (Å²) < 4.78 is 0. The van der Waals surface area contributed by atoms with Crippen molar-refractivity contribution in [3.05, 3.63) is 52.2 Å². The lowest BCUT2D eigenvalue weighted by Gasteiger charge is -2.11. The van der Waals surface area contributed by atoms with E-state index in [1.165, 1.54) is 11.1 Å². The van der Waals surface area contributed by atoms with Crippen LogP contribution in [0.5, 0.6) is 0 Å². The number of thiophene rings is 1. The third-order valence-electron chi connectivity index (χ3n) is 2.98. The molecule has 0 spiro atoms. The minimum atomic E-state index is 0.561. The van der Waals surface area contributed by atoms with Crippen molar-refractivity contribution in [3.63, 3.8) is 0 Å². The molecule has 0 fully saturated rings. The molecule has 0 aliphatic carbocycles. The predicted molar refractivity (Wildman–Crippen MR) is 76.7 cm³/mol. The molecule has 0 saturated heterocycles. The van der Waals surface area contributed by atoms with Gasteiger partial charge in [-0.3, -0.25) is 4.99 Å². The minimum absolute atomic E-state index is 0.561. The first kappa shape index (κ1) is 12.1. The number of aliphatic imine (C=N–C) groups is 1. The first-order valence-corrected chi connectivity index (χ1v) is 6.90. The molecule has 1 heterocycles. The van der Waals surface area contributed by atoms with Gasteiger partial charge in [0.15, 0.2) is 0 Å². The Hall–Kier alpha value is -1.41. The Kier molecular flexibility index (Phi) is 4.10. The van der Waals surface area contributed by atoms with Crippen LogP contribution in [0, 0.1) is 0 Å². The van der Waals surface area contributed by atoms with Crippen LogP contribution in [0.4, 0.5) is 5.69 Å². The van der Waals surface area contributed by atoms with Gasteiger partial charge in [0.05, 0.1) is 5.69 Å². The standard InChI is InChI=1S/C15H17NS/c1-3-12(2)14-6-4-5-7-15(14)16-10-13-8-9-17-11-13/h4-12H,3H2,1-2H3/t12-/m0/s1. The van der Waals surface area contributed by atoms with E-state index in [0.717, 1.165) is 12.1 Å². The van der Waals surface area contributed by atoms with Crippen molar-refractivity contribution in [1.82, 2.24) is 0 Å². The zero-order valence-electron chi connectivity index (χ0n) is 10.3. The quantitative estimate of drug-likeness (QED) is 0.669. The Balaban J connectivity index is 2.26. The summed E-state index contributed by atoms with van der Waals surface area (Å²) in [6.07, 6.45) is 3.09. The second-order valence-electron chi connectivity index (χ2n) is 4.18. The fourth-order valence-electron chi connectivity index (χ4n) is 1.73. The monoisotopic (exact) mass is 243 g/mol. The highest BCUT2D eigenvalue weighted by molar-refractivity contribution is 7.08. The lowest BCUT2D eigenvalue weighted by molar-refractivity contribution is 0.734. The summed E-state index contributed by atoms with van der Waals surface area (Å²) in [5.74, 6) is 0.561. The fourth-order valence-corrected chi connectivity index (χ4v) is 2.35. The molecular formula is C15H17NS. The van der Waals surface area contributed by atoms with Crippen LogP contribution in [-0.2, 0) is 0 Å². The molecule has 0 saturated carbocycles. The minimum Gasteiger partial charge on any atom is -0.256 e. The maximum atomic E-state index is 4.60. The number of rotatable bonds is 4. The zero-order chi connectivity index (χ0) is 12.1. The largest absolute Gasteiger partial charge is 0.256 e. The van der Waals surface area contributed by atoms with Gasteiger partial charge in [-0.1, -0.05) is 32.0 Å². The maximum Gasteiger partial charge on any atom is 0.0664 e. The summed E-state index contributed by atoms with van der Waals surface area (Å²) in [5, 5.41) is 4.18. The average molecular weight is 243 g/mol. The Morgan fingerprint density at radius 1 is 1.29 bits per heavy atom. The average Bonchev–Trinajstić information content (AvgIpc) is 2.89. The number of hydrogen-bond donors (Lipinski definition) is 0. The molecule has 1 atom stereocenters. The van der Waals surface area contributed by atoms with Crippen molar-refractivity contribution in [3.8, 4) is 0 Å². The molecule has 1 nitrogen and oxygen atoms in total. The van der Waals surface area contributed by atoms with Crippen LogP contribution in [0.3, 0.4) is 0 Å². The third-order valence-corrected chi connectivity index (χ3v) is 3.68. The Morgan fingerprint density at radius 2 is 2.12 bits per heavy atom. The van der Waals surface area contributed by atoms with Gasteiger partial charge in [-0.15, -0.1) is 0 Å². The SMILES string of the molecule is CC[C@H](C)c1ccccc1N=Cc1ccsc1. The van der Waals surface area contributed by atoms with Crippen LogP contribution in [0.2, 0.25) is 0 Å². The Labute approximate surface area is 107 Å². The summed E-state index contributed by atoms with van der Waals surface area (Å²) >= 11 is 1.70. The number of nitrogens with zero attached hydrogens (tertiary/aromatic N) is 1. The normalized spacial score (nSPS) is 13.1. The number of para-hydroxylation sites is 1. The second-order valence-corrected chi connectivity index (χ2v) is 4.96. The number of hydrogen-bond acceptors (Lipinski definition) is 2. The van der Waals surface area contributed by atoms with Crippen LogP contribution in [0.1, 0.15) is 37.3 Å². The Bertz CT molecular complexity index is 485. The molecule has 17 heavy (non-hydrogen) atoms. The lowest BCUT2D eigenvalue weighted by Crippen LogP contribution is -1.91. The molecule has 0 unspecified atom stereocenters. The van der Waals surface area contributed by atoms with Crippen molar-refractivity contribution < 1.29 is 0 Å². The molecule has 0 aliphatic rings. The van der Waals surface area contributed by atoms with Gasteiger partial charge in [0.25, 0.3) is 0 Å². The summed E-state index contributed by atoms with van der Waals surface area (Å²) in [5.41, 5.74) is 3.60. The predicted octanol–water partition coefficient (Wildman–Crippen LogP) is 5.01. The smallest absolute Gasteiger partial charge is 0.0664 e. The van der Waals surface area contributed by atoms with E-state index in [1.54, 1.807) is 11.3 Å². The highest BCUT2D eigenvalue weighted by Gasteiger charge is 2.06. The van der Waals surface area contributed by atoms with E-state index >= 15 is 0 Å². The van der Waals surface area contributed by atoms with Gasteiger partial charge < -0.3 is 0 Å². The van der Waals surface area contributed by atoms with Crippen molar-refractivity contribution in [2.45, 2.75) is 26.2 Å². The van der Waals surface area contributed by atoms with E-state index in [9.17, 15) is 0 Å². The Morgan fingerprint density at radius 3 is 2.82 bits per heavy atom. The summed E-state index contributed by atoms with van der Waals surface area (Å²) in [6, 6.07) is 10.5. The van der Waals surface area contributed by atoms with Gasteiger partial charge in [-0.2, -0.15) is 11.3 Å². The van der Waals surface area contributed by atoms with Crippen LogP contribution < -0.4 is 0 Å². The van der Waals surface area contributed by atoms with Gasteiger partial charge >= 0.3 is 0 Å². The van der Waals surface area contributed by atoms with E-state index in [2.05, 4.69) is 53.9 Å². The molecule has 0 aliphatic heterocycles. The van der Waals surface area contributed by atoms with E-state index in [4.69, 9.17) is 0 Å². The van der Waals surface area contributed by atoms with Crippen LogP contribution in [0.15, 0.2) is 46.1 Å². The topological polar surface area (TPSA) is 12.4 Å². The number of benzene rings is 1. The van der Waals surface area contributed by atoms with Crippen LogP contribution in [-0.4, -0.2) is 6.21 Å². The first-order chi connectivity index (χ1) is 8.31. The second kappa shape index (κ2) is 5.78. The van der Waals surface area contributed by atoms with E-state index in [-0.39, 0.29) is 0 Å². The van der Waals surface area contributed by atoms with Crippen molar-refractivity contribution >= 4 is 23.2 Å². The van der Waals surface area contributed by atoms with Crippen molar-refractivity contribution in [2.75, 3.05) is 0 Å². The zero-order valence-corrected chi connectivity index (χ0v) is 11.1. The highest BCUT2D eigenvalue weighted by Crippen LogP contribution is 2.28. The van der Waals surface area contributed by atoms with Gasteiger partial charge in [-0.05, 0) is 40.8 Å². The van der Waals surface area contributed by atoms with Crippen molar-refractivity contribution in [2.24, 2.45) is 4.99 Å². The molecule has 2 rings (SSSR count). The molecule has 0 radical (unpaired) electrons. The van der Waals surface area contributed by atoms with Gasteiger partial charge in [-0.25, -0.2) is 0 Å². The summed E-state index contributed by atoms with van der Waals surface area (Å²) in [7, 11) is 0. The van der Waals surface area contributed by atoms with Gasteiger partial charge in [0, 0.05) is 11.8 Å². The van der Waals surface area contributed by atoms with E-state index in [0.29, 0.717) is 5.92 Å². The molecule has 0 bridgehead atoms. The van der Waals surface area contributed by atoms with Gasteiger partial charge in [0.1, 0.15) is 0 Å². The molecule has 1 aromatic heterocycles. The highest BCUT2D eigenvalue weighted by atomic mass is 32.1. The molecule has 88 valence electrons. The molecule has 1 aromatic carbocycles. The summed E-state index contributed by atoms with van der Waals surface area (Å²) in [4.78, 5) is 4.60. The van der Waals surface area contributed by atoms with E-state index < -0.39 is 0 Å². The first-order valence-electron chi connectivity index (χ1n) is 5.96. The van der Waals surface area contributed by atoms with Crippen LogP contribution >= 0.6 is 11.3 Å². The molecule has 2 aromatic rings. The third kappa shape index (κ3) is 3.04. The molecular weight excluding hydrogens is 226 g/mol. The molecule has 0 amide bonds. The molecule has 2 heteroatoms. The fraction of sp³-hybridized carbons (Fsp3) is 0.267.